The van der Waals surface area contributed by atoms with Crippen LogP contribution in [-0.2, 0) is 15.9 Å². The number of ketones is 1. The van der Waals surface area contributed by atoms with E-state index in [1.165, 1.54) is 23.9 Å². The van der Waals surface area contributed by atoms with E-state index in [2.05, 4.69) is 0 Å². The lowest BCUT2D eigenvalue weighted by Crippen LogP contribution is -2.01. The lowest BCUT2D eigenvalue weighted by molar-refractivity contribution is -0.0217. The highest BCUT2D eigenvalue weighted by Gasteiger charge is 2.23. The average Bonchev–Trinajstić information content (AvgIpc) is 3.22. The Labute approximate surface area is 149 Å². The fourth-order valence-electron chi connectivity index (χ4n) is 2.53. The Kier molecular flexibility index (Phi) is 5.56. The zero-order valence-electron chi connectivity index (χ0n) is 12.9. The zero-order chi connectivity index (χ0) is 16.9. The molecule has 0 atom stereocenters. The van der Waals surface area contributed by atoms with Gasteiger partial charge < -0.3 is 14.6 Å². The van der Waals surface area contributed by atoms with Crippen molar-refractivity contribution in [1.82, 2.24) is 0 Å². The van der Waals surface area contributed by atoms with Crippen molar-refractivity contribution in [3.63, 3.8) is 0 Å². The molecule has 0 saturated heterocycles. The summed E-state index contributed by atoms with van der Waals surface area (Å²) in [6.07, 6.45) is 3.89. The van der Waals surface area contributed by atoms with Gasteiger partial charge in [0.15, 0.2) is 5.78 Å². The van der Waals surface area contributed by atoms with Gasteiger partial charge in [0, 0.05) is 18.1 Å². The molecule has 1 N–H and O–H groups in total. The first-order valence-corrected chi connectivity index (χ1v) is 8.84. The van der Waals surface area contributed by atoms with Gasteiger partial charge >= 0.3 is 0 Å². The zero-order valence-corrected chi connectivity index (χ0v) is 14.5. The van der Waals surface area contributed by atoms with Crippen molar-refractivity contribution in [2.24, 2.45) is 0 Å². The first-order chi connectivity index (χ1) is 11.7. The molecule has 4 nitrogen and oxygen atoms in total. The lowest BCUT2D eigenvalue weighted by atomic mass is 10.0. The minimum atomic E-state index is -0.493. The van der Waals surface area contributed by atoms with E-state index >= 15 is 0 Å². The summed E-state index contributed by atoms with van der Waals surface area (Å²) in [7, 11) is 0. The maximum atomic E-state index is 12.5. The van der Waals surface area contributed by atoms with Gasteiger partial charge in [-0.3, -0.25) is 4.79 Å². The lowest BCUT2D eigenvalue weighted by Gasteiger charge is -2.06. The van der Waals surface area contributed by atoms with Crippen LogP contribution in [-0.4, -0.2) is 17.5 Å². The monoisotopic (exact) mass is 364 g/mol. The molecule has 3 rings (SSSR count). The summed E-state index contributed by atoms with van der Waals surface area (Å²) >= 11 is 7.43. The largest absolute Gasteiger partial charge is 0.454 e. The van der Waals surface area contributed by atoms with Gasteiger partial charge in [0.25, 0.3) is 6.29 Å². The highest BCUT2D eigenvalue weighted by atomic mass is 35.5. The molecule has 24 heavy (non-hydrogen) atoms. The van der Waals surface area contributed by atoms with Crippen molar-refractivity contribution in [2.75, 3.05) is 6.61 Å². The Morgan fingerprint density at radius 1 is 1.25 bits per heavy atom. The molecular weight excluding hydrogens is 348 g/mol. The molecule has 126 valence electrons. The van der Waals surface area contributed by atoms with Crippen LogP contribution in [0.3, 0.4) is 0 Å². The highest BCUT2D eigenvalue weighted by Crippen LogP contribution is 2.35. The maximum Gasteiger partial charge on any atom is 0.275 e. The van der Waals surface area contributed by atoms with E-state index < -0.39 is 6.29 Å². The van der Waals surface area contributed by atoms with Crippen molar-refractivity contribution in [3.8, 4) is 0 Å². The summed E-state index contributed by atoms with van der Waals surface area (Å²) in [5, 5.41) is 9.63. The number of ether oxygens (including phenoxy) is 2. The van der Waals surface area contributed by atoms with E-state index in [-0.39, 0.29) is 12.4 Å². The topological polar surface area (TPSA) is 55.8 Å². The highest BCUT2D eigenvalue weighted by molar-refractivity contribution is 7.14. The Bertz CT molecular complexity index is 745. The molecule has 1 aromatic heterocycles. The summed E-state index contributed by atoms with van der Waals surface area (Å²) in [5.41, 5.74) is 1.97. The molecule has 0 aliphatic carbocycles. The quantitative estimate of drug-likeness (QED) is 0.737. The molecule has 0 amide bonds. The number of carbonyl (C=O) groups excluding carboxylic acids is 1. The van der Waals surface area contributed by atoms with E-state index in [1.807, 2.05) is 30.3 Å². The molecular formula is C18H17ClO4S. The molecule has 0 saturated carbocycles. The van der Waals surface area contributed by atoms with Crippen molar-refractivity contribution in [1.29, 1.82) is 0 Å². The second-order valence-electron chi connectivity index (χ2n) is 5.44. The van der Waals surface area contributed by atoms with Crippen LogP contribution < -0.4 is 0 Å². The van der Waals surface area contributed by atoms with E-state index in [0.29, 0.717) is 29.2 Å². The SMILES string of the molecule is O=C(CCCO)c1sc(C2OC=CO2)cc1Cc1cccc(Cl)c1. The Balaban J connectivity index is 1.88. The van der Waals surface area contributed by atoms with E-state index in [9.17, 15) is 4.79 Å². The third-order valence-electron chi connectivity index (χ3n) is 3.62. The van der Waals surface area contributed by atoms with Crippen LogP contribution in [0.25, 0.3) is 0 Å². The number of thiophene rings is 1. The van der Waals surface area contributed by atoms with Crippen LogP contribution in [0.2, 0.25) is 5.02 Å². The van der Waals surface area contributed by atoms with Crippen LogP contribution in [0.5, 0.6) is 0 Å². The summed E-state index contributed by atoms with van der Waals surface area (Å²) in [6, 6.07) is 9.55. The minimum Gasteiger partial charge on any atom is -0.454 e. The van der Waals surface area contributed by atoms with Crippen molar-refractivity contribution in [2.45, 2.75) is 25.6 Å². The van der Waals surface area contributed by atoms with Crippen LogP contribution in [0.15, 0.2) is 42.9 Å². The Hall–Kier alpha value is -1.82. The molecule has 0 radical (unpaired) electrons. The molecule has 2 heterocycles. The summed E-state index contributed by atoms with van der Waals surface area (Å²) < 4.78 is 10.7. The third-order valence-corrected chi connectivity index (χ3v) is 5.09. The number of Topliss-reactive ketones (excluding diaryl/α,β-unsaturated/α-hetero) is 1. The fourth-order valence-corrected chi connectivity index (χ4v) is 3.86. The molecule has 0 spiro atoms. The number of hydrogen-bond acceptors (Lipinski definition) is 5. The van der Waals surface area contributed by atoms with Gasteiger partial charge in [-0.2, -0.15) is 0 Å². The molecule has 0 bridgehead atoms. The van der Waals surface area contributed by atoms with E-state index in [0.717, 1.165) is 16.0 Å². The van der Waals surface area contributed by atoms with Crippen LogP contribution >= 0.6 is 22.9 Å². The summed E-state index contributed by atoms with van der Waals surface area (Å²) in [5.74, 6) is 0.0308. The van der Waals surface area contributed by atoms with Crippen molar-refractivity contribution in [3.05, 3.63) is 68.8 Å². The smallest absolute Gasteiger partial charge is 0.275 e. The van der Waals surface area contributed by atoms with Gasteiger partial charge in [-0.15, -0.1) is 11.3 Å². The fraction of sp³-hybridized carbons (Fsp3) is 0.278. The second-order valence-corrected chi connectivity index (χ2v) is 6.96. The Morgan fingerprint density at radius 3 is 2.75 bits per heavy atom. The summed E-state index contributed by atoms with van der Waals surface area (Å²) in [6.45, 7) is 0.00632. The normalized spacial score (nSPS) is 13.8. The van der Waals surface area contributed by atoms with Gasteiger partial charge in [-0.05, 0) is 42.2 Å². The molecule has 6 heteroatoms. The predicted octanol–water partition coefficient (Wildman–Crippen LogP) is 4.46. The van der Waals surface area contributed by atoms with Crippen molar-refractivity contribution < 1.29 is 19.4 Å². The number of hydrogen-bond donors (Lipinski definition) is 1. The molecule has 1 aromatic carbocycles. The maximum absolute atomic E-state index is 12.5. The van der Waals surface area contributed by atoms with Gasteiger partial charge in [0.1, 0.15) is 12.5 Å². The summed E-state index contributed by atoms with van der Waals surface area (Å²) in [4.78, 5) is 14.0. The first kappa shape index (κ1) is 17.0. The molecule has 0 fully saturated rings. The van der Waals surface area contributed by atoms with E-state index in [4.69, 9.17) is 26.2 Å². The Morgan fingerprint density at radius 2 is 2.04 bits per heavy atom. The van der Waals surface area contributed by atoms with Crippen LogP contribution in [0.4, 0.5) is 0 Å². The van der Waals surface area contributed by atoms with Gasteiger partial charge in [0.2, 0.25) is 0 Å². The second kappa shape index (κ2) is 7.83. The number of aliphatic hydroxyl groups is 1. The average molecular weight is 365 g/mol. The van der Waals surface area contributed by atoms with E-state index in [1.54, 1.807) is 0 Å². The van der Waals surface area contributed by atoms with Gasteiger partial charge in [-0.1, -0.05) is 23.7 Å². The van der Waals surface area contributed by atoms with Crippen LogP contribution in [0.1, 0.15) is 44.8 Å². The molecule has 2 aromatic rings. The predicted molar refractivity (Wildman–Crippen MR) is 93.3 cm³/mol. The number of carbonyl (C=O) groups is 1. The molecule has 1 aliphatic rings. The number of aliphatic hydroxyl groups excluding tert-OH is 1. The molecule has 1 aliphatic heterocycles. The van der Waals surface area contributed by atoms with Crippen LogP contribution in [0, 0.1) is 0 Å². The number of benzene rings is 1. The number of rotatable bonds is 7. The molecule has 0 unspecified atom stereocenters. The van der Waals surface area contributed by atoms with Gasteiger partial charge in [-0.25, -0.2) is 0 Å². The van der Waals surface area contributed by atoms with Crippen molar-refractivity contribution >= 4 is 28.7 Å². The third kappa shape index (κ3) is 3.98. The van der Waals surface area contributed by atoms with Gasteiger partial charge in [0.05, 0.1) is 9.75 Å². The number of halogens is 1. The standard InChI is InChI=1S/C18H17ClO4S/c19-14-4-1-3-12(10-14)9-13-11-16(18-22-7-8-23-18)24-17(13)15(21)5-2-6-20/h1,3-4,7-8,10-11,18,20H,2,5-6,9H2. The minimum absolute atomic E-state index is 0.00632. The first-order valence-electron chi connectivity index (χ1n) is 7.64.